The Morgan fingerprint density at radius 1 is 1.14 bits per heavy atom. The molecule has 3 heteroatoms. The van der Waals surface area contributed by atoms with Crippen molar-refractivity contribution < 1.29 is 14.0 Å². The molecule has 0 fully saturated rings. The Morgan fingerprint density at radius 3 is 2.23 bits per heavy atom. The molecule has 0 amide bonds. The van der Waals surface area contributed by atoms with Crippen molar-refractivity contribution in [2.75, 3.05) is 0 Å². The number of ketones is 2. The van der Waals surface area contributed by atoms with Crippen molar-refractivity contribution >= 4 is 22.5 Å². The van der Waals surface area contributed by atoms with E-state index < -0.39 is 5.41 Å². The Balaban J connectivity index is 2.58. The lowest BCUT2D eigenvalue weighted by Crippen LogP contribution is -2.40. The number of para-hydroxylation sites is 1. The molecule has 1 aromatic heterocycles. The molecule has 0 radical (unpaired) electrons. The van der Waals surface area contributed by atoms with E-state index in [1.807, 2.05) is 30.3 Å². The molecule has 0 aliphatic rings. The van der Waals surface area contributed by atoms with E-state index in [-0.39, 0.29) is 17.5 Å². The minimum absolute atomic E-state index is 0.105. The number of benzene rings is 1. The predicted molar refractivity (Wildman–Crippen MR) is 87.9 cm³/mol. The summed E-state index contributed by atoms with van der Waals surface area (Å²) in [6.07, 6.45) is 0.732. The summed E-state index contributed by atoms with van der Waals surface area (Å²) in [4.78, 5) is 24.5. The lowest BCUT2D eigenvalue weighted by atomic mass is 9.67. The largest absolute Gasteiger partial charge is 0.461 e. The standard InChI is InChI=1S/C19H24O3/c1-12(2)10-16(19(5,13(3)20)14(4)21)18-11-15-8-6-7-9-17(15)22-18/h6-9,11-12,16H,10H2,1-5H3. The van der Waals surface area contributed by atoms with Crippen LogP contribution in [0.3, 0.4) is 0 Å². The second-order valence-electron chi connectivity index (χ2n) is 6.68. The van der Waals surface area contributed by atoms with Crippen LogP contribution in [0, 0.1) is 11.3 Å². The highest BCUT2D eigenvalue weighted by molar-refractivity contribution is 6.05. The molecule has 0 aliphatic carbocycles. The zero-order valence-electron chi connectivity index (χ0n) is 14.0. The number of hydrogen-bond acceptors (Lipinski definition) is 3. The molecule has 3 nitrogen and oxygen atoms in total. The van der Waals surface area contributed by atoms with Gasteiger partial charge in [-0.1, -0.05) is 32.0 Å². The Hall–Kier alpha value is -1.90. The fourth-order valence-electron chi connectivity index (χ4n) is 3.02. The predicted octanol–water partition coefficient (Wildman–Crippen LogP) is 4.75. The van der Waals surface area contributed by atoms with E-state index in [4.69, 9.17) is 4.42 Å². The molecule has 22 heavy (non-hydrogen) atoms. The molecule has 1 heterocycles. The van der Waals surface area contributed by atoms with Crippen LogP contribution in [0.2, 0.25) is 0 Å². The number of hydrogen-bond donors (Lipinski definition) is 0. The third-order valence-corrected chi connectivity index (χ3v) is 4.65. The second-order valence-corrected chi connectivity index (χ2v) is 6.68. The average Bonchev–Trinajstić information content (AvgIpc) is 2.86. The fourth-order valence-corrected chi connectivity index (χ4v) is 3.02. The first-order valence-electron chi connectivity index (χ1n) is 7.77. The summed E-state index contributed by atoms with van der Waals surface area (Å²) in [5, 5.41) is 1.00. The molecule has 0 saturated carbocycles. The Bertz CT molecular complexity index is 647. The van der Waals surface area contributed by atoms with Gasteiger partial charge in [-0.2, -0.15) is 0 Å². The first-order chi connectivity index (χ1) is 10.3. The molecule has 118 valence electrons. The molecule has 0 bridgehead atoms. The quantitative estimate of drug-likeness (QED) is 0.723. The lowest BCUT2D eigenvalue weighted by Gasteiger charge is -2.33. The topological polar surface area (TPSA) is 47.3 Å². The van der Waals surface area contributed by atoms with Crippen molar-refractivity contribution in [3.8, 4) is 0 Å². The minimum Gasteiger partial charge on any atom is -0.461 e. The SMILES string of the molecule is CC(=O)C(C)(C(C)=O)C(CC(C)C)c1cc2ccccc2o1. The number of fused-ring (bicyclic) bond motifs is 1. The van der Waals surface area contributed by atoms with Crippen molar-refractivity contribution in [3.05, 3.63) is 36.1 Å². The zero-order valence-corrected chi connectivity index (χ0v) is 14.0. The van der Waals surface area contributed by atoms with E-state index in [9.17, 15) is 9.59 Å². The summed E-state index contributed by atoms with van der Waals surface area (Å²) in [5.74, 6) is 0.631. The summed E-state index contributed by atoms with van der Waals surface area (Å²) in [6.45, 7) is 8.93. The van der Waals surface area contributed by atoms with Crippen LogP contribution in [0.25, 0.3) is 11.0 Å². The van der Waals surface area contributed by atoms with Crippen molar-refractivity contribution in [1.82, 2.24) is 0 Å². The fraction of sp³-hybridized carbons (Fsp3) is 0.474. The molecule has 0 spiro atoms. The Kier molecular flexibility index (Phi) is 4.55. The maximum atomic E-state index is 12.3. The van der Waals surface area contributed by atoms with Crippen molar-refractivity contribution in [2.24, 2.45) is 11.3 Å². The minimum atomic E-state index is -1.04. The molecule has 1 unspecified atom stereocenters. The van der Waals surface area contributed by atoms with Crippen molar-refractivity contribution in [3.63, 3.8) is 0 Å². The molecular formula is C19H24O3. The highest BCUT2D eigenvalue weighted by Crippen LogP contribution is 2.43. The molecule has 0 saturated heterocycles. The van der Waals surface area contributed by atoms with Gasteiger partial charge in [-0.3, -0.25) is 9.59 Å². The summed E-state index contributed by atoms with van der Waals surface area (Å²) < 4.78 is 5.97. The molecular weight excluding hydrogens is 276 g/mol. The highest BCUT2D eigenvalue weighted by atomic mass is 16.3. The number of carbonyl (C=O) groups is 2. The van der Waals surface area contributed by atoms with Crippen LogP contribution in [-0.2, 0) is 9.59 Å². The third-order valence-electron chi connectivity index (χ3n) is 4.65. The van der Waals surface area contributed by atoms with Crippen LogP contribution in [0.5, 0.6) is 0 Å². The molecule has 2 aromatic rings. The molecule has 0 aliphatic heterocycles. The van der Waals surface area contributed by atoms with E-state index >= 15 is 0 Å². The van der Waals surface area contributed by atoms with Gasteiger partial charge in [-0.15, -0.1) is 0 Å². The highest BCUT2D eigenvalue weighted by Gasteiger charge is 2.45. The van der Waals surface area contributed by atoms with Gasteiger partial charge in [0.25, 0.3) is 0 Å². The van der Waals surface area contributed by atoms with Gasteiger partial charge in [-0.05, 0) is 45.2 Å². The van der Waals surface area contributed by atoms with Crippen LogP contribution >= 0.6 is 0 Å². The van der Waals surface area contributed by atoms with E-state index in [0.29, 0.717) is 5.92 Å². The second kappa shape index (κ2) is 6.07. The summed E-state index contributed by atoms with van der Waals surface area (Å²) in [5.41, 5.74) is -0.251. The van der Waals surface area contributed by atoms with Gasteiger partial charge >= 0.3 is 0 Å². The van der Waals surface area contributed by atoms with Gasteiger partial charge in [0.2, 0.25) is 0 Å². The van der Waals surface area contributed by atoms with Crippen LogP contribution in [0.15, 0.2) is 34.7 Å². The summed E-state index contributed by atoms with van der Waals surface area (Å²) in [6, 6.07) is 9.72. The van der Waals surface area contributed by atoms with Gasteiger partial charge in [0.15, 0.2) is 0 Å². The normalized spacial score (nSPS) is 13.5. The first-order valence-corrected chi connectivity index (χ1v) is 7.77. The van der Waals surface area contributed by atoms with Gasteiger partial charge in [-0.25, -0.2) is 0 Å². The Labute approximate surface area is 131 Å². The van der Waals surface area contributed by atoms with Gasteiger partial charge in [0.1, 0.15) is 22.9 Å². The monoisotopic (exact) mass is 300 g/mol. The van der Waals surface area contributed by atoms with E-state index in [1.54, 1.807) is 6.92 Å². The summed E-state index contributed by atoms with van der Waals surface area (Å²) >= 11 is 0. The van der Waals surface area contributed by atoms with E-state index in [2.05, 4.69) is 13.8 Å². The average molecular weight is 300 g/mol. The number of furan rings is 1. The van der Waals surface area contributed by atoms with Crippen molar-refractivity contribution in [2.45, 2.75) is 47.0 Å². The molecule has 1 aromatic carbocycles. The smallest absolute Gasteiger partial charge is 0.143 e. The molecule has 2 rings (SSSR count). The van der Waals surface area contributed by atoms with Crippen LogP contribution in [-0.4, -0.2) is 11.6 Å². The summed E-state index contributed by atoms with van der Waals surface area (Å²) in [7, 11) is 0. The number of carbonyl (C=O) groups excluding carboxylic acids is 2. The van der Waals surface area contributed by atoms with Crippen LogP contribution < -0.4 is 0 Å². The zero-order chi connectivity index (χ0) is 16.5. The van der Waals surface area contributed by atoms with Crippen molar-refractivity contribution in [1.29, 1.82) is 0 Å². The van der Waals surface area contributed by atoms with Gasteiger partial charge in [0, 0.05) is 11.3 Å². The molecule has 1 atom stereocenters. The number of rotatable bonds is 6. The third kappa shape index (κ3) is 2.85. The van der Waals surface area contributed by atoms with Crippen LogP contribution in [0.1, 0.15) is 52.7 Å². The van der Waals surface area contributed by atoms with E-state index in [1.165, 1.54) is 13.8 Å². The Morgan fingerprint density at radius 2 is 1.73 bits per heavy atom. The van der Waals surface area contributed by atoms with Crippen LogP contribution in [0.4, 0.5) is 0 Å². The number of Topliss-reactive ketones (excluding diaryl/α,β-unsaturated/α-hetero) is 2. The van der Waals surface area contributed by atoms with E-state index in [0.717, 1.165) is 23.2 Å². The molecule has 0 N–H and O–H groups in total. The first kappa shape index (κ1) is 16.5. The maximum Gasteiger partial charge on any atom is 0.143 e. The maximum absolute atomic E-state index is 12.3. The van der Waals surface area contributed by atoms with Gasteiger partial charge in [0.05, 0.1) is 5.41 Å². The lowest BCUT2D eigenvalue weighted by molar-refractivity contribution is -0.139. The van der Waals surface area contributed by atoms with Gasteiger partial charge < -0.3 is 4.42 Å².